The summed E-state index contributed by atoms with van der Waals surface area (Å²) >= 11 is 11.8. The molecular weight excluding hydrogens is 438 g/mol. The van der Waals surface area contributed by atoms with E-state index in [0.717, 1.165) is 5.56 Å². The standard InChI is InChI=1S/C16H17Cl2O7PS/c17-14-7-6-12(9-15(14)18)25-13(8-11-4-2-1-3-5-11)10-16(26(19,20)21)27(22,23)24/h1-7,9,13,16H,8,10H2,(H2,19,20,21)(H,22,23,24). The fourth-order valence-electron chi connectivity index (χ4n) is 2.45. The average molecular weight is 455 g/mol. The lowest BCUT2D eigenvalue weighted by Gasteiger charge is -2.24. The van der Waals surface area contributed by atoms with Crippen LogP contribution in [0.5, 0.6) is 5.75 Å². The number of hydrogen-bond donors (Lipinski definition) is 3. The van der Waals surface area contributed by atoms with Gasteiger partial charge in [0.1, 0.15) is 11.9 Å². The highest BCUT2D eigenvalue weighted by Crippen LogP contribution is 2.46. The van der Waals surface area contributed by atoms with Crippen LogP contribution in [0.3, 0.4) is 0 Å². The summed E-state index contributed by atoms with van der Waals surface area (Å²) in [6, 6.07) is 13.2. The molecule has 2 aromatic rings. The van der Waals surface area contributed by atoms with Crippen LogP contribution >= 0.6 is 30.8 Å². The van der Waals surface area contributed by atoms with Gasteiger partial charge in [-0.05, 0) is 17.7 Å². The molecule has 11 heteroatoms. The molecule has 0 amide bonds. The van der Waals surface area contributed by atoms with Gasteiger partial charge in [0.05, 0.1) is 10.0 Å². The molecule has 2 unspecified atom stereocenters. The molecule has 2 atom stereocenters. The van der Waals surface area contributed by atoms with Gasteiger partial charge in [0.25, 0.3) is 10.1 Å². The minimum absolute atomic E-state index is 0.146. The maximum atomic E-state index is 11.6. The van der Waals surface area contributed by atoms with Crippen molar-refractivity contribution in [3.05, 3.63) is 64.1 Å². The van der Waals surface area contributed by atoms with Gasteiger partial charge < -0.3 is 14.5 Å². The maximum absolute atomic E-state index is 11.6. The molecule has 7 nitrogen and oxygen atoms in total. The largest absolute Gasteiger partial charge is 0.490 e. The van der Waals surface area contributed by atoms with Crippen LogP contribution in [0.2, 0.25) is 10.0 Å². The summed E-state index contributed by atoms with van der Waals surface area (Å²) in [5.74, 6) is 0.241. The number of hydrogen-bond acceptors (Lipinski definition) is 4. The molecule has 0 saturated carbocycles. The molecule has 2 aromatic carbocycles. The number of halogens is 2. The van der Waals surface area contributed by atoms with Crippen LogP contribution in [0.1, 0.15) is 12.0 Å². The predicted octanol–water partition coefficient (Wildman–Crippen LogP) is 3.77. The van der Waals surface area contributed by atoms with Crippen LogP contribution in [0.15, 0.2) is 48.5 Å². The van der Waals surface area contributed by atoms with Gasteiger partial charge in [-0.1, -0.05) is 53.5 Å². The van der Waals surface area contributed by atoms with E-state index in [-0.39, 0.29) is 22.2 Å². The summed E-state index contributed by atoms with van der Waals surface area (Å²) < 4.78 is 49.5. The Morgan fingerprint density at radius 3 is 2.19 bits per heavy atom. The van der Waals surface area contributed by atoms with E-state index in [1.165, 1.54) is 18.2 Å². The normalized spacial score (nSPS) is 14.6. The Morgan fingerprint density at radius 2 is 1.67 bits per heavy atom. The van der Waals surface area contributed by atoms with Gasteiger partial charge in [-0.3, -0.25) is 9.12 Å². The highest BCUT2D eigenvalue weighted by atomic mass is 35.5. The summed E-state index contributed by atoms with van der Waals surface area (Å²) in [7, 11) is -10.2. The Labute approximate surface area is 166 Å². The van der Waals surface area contributed by atoms with Gasteiger partial charge in [0.15, 0.2) is 4.99 Å². The Kier molecular flexibility index (Phi) is 7.33. The quantitative estimate of drug-likeness (QED) is 0.409. The molecule has 0 aromatic heterocycles. The zero-order valence-corrected chi connectivity index (χ0v) is 17.0. The molecule has 0 heterocycles. The van der Waals surface area contributed by atoms with Crippen molar-refractivity contribution in [2.24, 2.45) is 0 Å². The molecule has 0 aliphatic carbocycles. The minimum Gasteiger partial charge on any atom is -0.490 e. The molecule has 0 aliphatic rings. The first-order valence-corrected chi connectivity index (χ1v) is 11.6. The third-order valence-electron chi connectivity index (χ3n) is 3.68. The minimum atomic E-state index is -5.14. The highest BCUT2D eigenvalue weighted by Gasteiger charge is 2.42. The third-order valence-corrected chi connectivity index (χ3v) is 7.89. The van der Waals surface area contributed by atoms with Crippen LogP contribution in [-0.4, -0.2) is 33.9 Å². The number of benzene rings is 2. The van der Waals surface area contributed by atoms with Gasteiger partial charge in [-0.2, -0.15) is 8.42 Å². The van der Waals surface area contributed by atoms with E-state index in [1.807, 2.05) is 0 Å². The van der Waals surface area contributed by atoms with Gasteiger partial charge in [-0.25, -0.2) is 0 Å². The first-order chi connectivity index (χ1) is 12.5. The summed E-state index contributed by atoms with van der Waals surface area (Å²) in [5.41, 5.74) is 0.752. The summed E-state index contributed by atoms with van der Waals surface area (Å²) in [5, 5.41) is 0.489. The van der Waals surface area contributed by atoms with Gasteiger partial charge in [0, 0.05) is 18.9 Å². The zero-order chi connectivity index (χ0) is 20.2. The Morgan fingerprint density at radius 1 is 1.04 bits per heavy atom. The van der Waals surface area contributed by atoms with Crippen LogP contribution in [-0.2, 0) is 21.1 Å². The van der Waals surface area contributed by atoms with Crippen LogP contribution < -0.4 is 4.74 Å². The first-order valence-electron chi connectivity index (χ1n) is 7.64. The van der Waals surface area contributed by atoms with E-state index in [1.54, 1.807) is 30.3 Å². The summed E-state index contributed by atoms with van der Waals surface area (Å²) in [4.78, 5) is 16.4. The fraction of sp³-hybridized carbons (Fsp3) is 0.250. The monoisotopic (exact) mass is 454 g/mol. The Bertz CT molecular complexity index is 931. The molecule has 0 aliphatic heterocycles. The molecule has 0 fully saturated rings. The second kappa shape index (κ2) is 8.92. The molecule has 0 radical (unpaired) electrons. The van der Waals surface area contributed by atoms with Crippen molar-refractivity contribution in [1.29, 1.82) is 0 Å². The first kappa shape index (κ1) is 22.2. The topological polar surface area (TPSA) is 121 Å². The van der Waals surface area contributed by atoms with Crippen molar-refractivity contribution in [1.82, 2.24) is 0 Å². The van der Waals surface area contributed by atoms with Crippen molar-refractivity contribution in [3.63, 3.8) is 0 Å². The lowest BCUT2D eigenvalue weighted by molar-refractivity contribution is 0.190. The lowest BCUT2D eigenvalue weighted by atomic mass is 10.1. The second-order valence-corrected chi connectivity index (χ2v) is 10.4. The molecule has 2 rings (SSSR count). The predicted molar refractivity (Wildman–Crippen MR) is 103 cm³/mol. The Hall–Kier alpha value is -1.12. The Balaban J connectivity index is 2.33. The average Bonchev–Trinajstić information content (AvgIpc) is 2.54. The van der Waals surface area contributed by atoms with Gasteiger partial charge in [0.2, 0.25) is 0 Å². The van der Waals surface area contributed by atoms with Crippen LogP contribution in [0.25, 0.3) is 0 Å². The van der Waals surface area contributed by atoms with E-state index >= 15 is 0 Å². The van der Waals surface area contributed by atoms with Crippen molar-refractivity contribution in [2.75, 3.05) is 0 Å². The molecule has 148 valence electrons. The number of rotatable bonds is 8. The van der Waals surface area contributed by atoms with E-state index in [4.69, 9.17) is 27.9 Å². The SMILES string of the molecule is O=P(O)(O)C(CC(Cc1ccccc1)Oc1ccc(Cl)c(Cl)c1)S(=O)(=O)O. The van der Waals surface area contributed by atoms with E-state index in [0.29, 0.717) is 0 Å². The molecule has 0 bridgehead atoms. The smallest absolute Gasteiger partial charge is 0.346 e. The molecular formula is C16H17Cl2O7PS. The summed E-state index contributed by atoms with van der Waals surface area (Å²) in [6.45, 7) is 0. The molecule has 3 N–H and O–H groups in total. The highest BCUT2D eigenvalue weighted by molar-refractivity contribution is 7.93. The number of ether oxygens (including phenoxy) is 1. The van der Waals surface area contributed by atoms with Crippen molar-refractivity contribution in [3.8, 4) is 5.75 Å². The second-order valence-electron chi connectivity index (χ2n) is 5.80. The zero-order valence-electron chi connectivity index (χ0n) is 13.8. The van der Waals surface area contributed by atoms with E-state index in [2.05, 4.69) is 0 Å². The fourth-order valence-corrected chi connectivity index (χ4v) is 5.09. The lowest BCUT2D eigenvalue weighted by Crippen LogP contribution is -2.30. The van der Waals surface area contributed by atoms with Crippen LogP contribution in [0, 0.1) is 0 Å². The van der Waals surface area contributed by atoms with Gasteiger partial charge >= 0.3 is 7.60 Å². The summed E-state index contributed by atoms with van der Waals surface area (Å²) in [6.07, 6.45) is -1.45. The molecule has 0 saturated heterocycles. The molecule has 0 spiro atoms. The maximum Gasteiger partial charge on any atom is 0.346 e. The van der Waals surface area contributed by atoms with Crippen molar-refractivity contribution in [2.45, 2.75) is 23.9 Å². The van der Waals surface area contributed by atoms with E-state index in [9.17, 15) is 27.3 Å². The van der Waals surface area contributed by atoms with Crippen molar-refractivity contribution >= 4 is 40.9 Å². The molecule has 27 heavy (non-hydrogen) atoms. The van der Waals surface area contributed by atoms with E-state index < -0.39 is 35.2 Å². The third kappa shape index (κ3) is 6.76. The van der Waals surface area contributed by atoms with Gasteiger partial charge in [-0.15, -0.1) is 0 Å². The van der Waals surface area contributed by atoms with Crippen LogP contribution in [0.4, 0.5) is 0 Å². The van der Waals surface area contributed by atoms with Crippen molar-refractivity contribution < 1.29 is 32.1 Å².